The van der Waals surface area contributed by atoms with E-state index in [4.69, 9.17) is 4.42 Å². The topological polar surface area (TPSA) is 76.3 Å². The lowest BCUT2D eigenvalue weighted by molar-refractivity contribution is 0.476. The van der Waals surface area contributed by atoms with Gasteiger partial charge in [-0.15, -0.1) is 10.2 Å². The van der Waals surface area contributed by atoms with E-state index in [1.54, 1.807) is 24.3 Å². The number of hydrogen-bond donors (Lipinski definition) is 0. The Bertz CT molecular complexity index is 809. The van der Waals surface area contributed by atoms with Gasteiger partial charge in [-0.05, 0) is 30.0 Å². The van der Waals surface area contributed by atoms with Gasteiger partial charge in [0.1, 0.15) is 0 Å². The molecule has 1 fully saturated rings. The van der Waals surface area contributed by atoms with Crippen molar-refractivity contribution in [1.29, 1.82) is 0 Å². The third-order valence-corrected chi connectivity index (χ3v) is 5.92. The maximum absolute atomic E-state index is 12.2. The van der Waals surface area contributed by atoms with Gasteiger partial charge in [0, 0.05) is 25.6 Å². The Morgan fingerprint density at radius 3 is 2.55 bits per heavy atom. The fourth-order valence-corrected chi connectivity index (χ4v) is 3.33. The molecule has 0 spiro atoms. The summed E-state index contributed by atoms with van der Waals surface area (Å²) in [4.78, 5) is 0.210. The molecule has 0 aliphatic heterocycles. The van der Waals surface area contributed by atoms with Gasteiger partial charge in [-0.25, -0.2) is 12.7 Å². The molecule has 1 saturated carbocycles. The first kappa shape index (κ1) is 15.2. The quantitative estimate of drug-likeness (QED) is 0.865. The van der Waals surface area contributed by atoms with Crippen LogP contribution in [0.1, 0.15) is 32.1 Å². The van der Waals surface area contributed by atoms with E-state index in [9.17, 15) is 8.42 Å². The second kappa shape index (κ2) is 4.89. The Morgan fingerprint density at radius 2 is 1.95 bits per heavy atom. The summed E-state index contributed by atoms with van der Waals surface area (Å²) in [5.74, 6) is 1.27. The third kappa shape index (κ3) is 2.55. The van der Waals surface area contributed by atoms with E-state index in [-0.39, 0.29) is 10.3 Å². The second-order valence-electron chi connectivity index (χ2n) is 6.51. The van der Waals surface area contributed by atoms with E-state index in [1.165, 1.54) is 18.4 Å². The summed E-state index contributed by atoms with van der Waals surface area (Å²) >= 11 is 0. The van der Waals surface area contributed by atoms with E-state index in [0.717, 1.165) is 6.42 Å². The van der Waals surface area contributed by atoms with Gasteiger partial charge in [-0.2, -0.15) is 0 Å². The molecule has 22 heavy (non-hydrogen) atoms. The highest BCUT2D eigenvalue weighted by Crippen LogP contribution is 2.58. The molecule has 1 aromatic heterocycles. The smallest absolute Gasteiger partial charge is 0.247 e. The van der Waals surface area contributed by atoms with Crippen LogP contribution < -0.4 is 0 Å². The molecule has 0 amide bonds. The van der Waals surface area contributed by atoms with Gasteiger partial charge in [0.2, 0.25) is 21.8 Å². The van der Waals surface area contributed by atoms with Crippen LogP contribution in [-0.2, 0) is 10.0 Å². The molecule has 7 heteroatoms. The van der Waals surface area contributed by atoms with Crippen LogP contribution in [0, 0.1) is 5.41 Å². The summed E-state index contributed by atoms with van der Waals surface area (Å²) in [6.45, 7) is 4.32. The normalized spacial score (nSPS) is 20.3. The molecule has 1 atom stereocenters. The highest BCUT2D eigenvalue weighted by molar-refractivity contribution is 7.89. The zero-order chi connectivity index (χ0) is 16.1. The number of aromatic nitrogens is 2. The fraction of sp³-hybridized carbons (Fsp3) is 0.467. The summed E-state index contributed by atoms with van der Waals surface area (Å²) in [6.07, 6.45) is 1.03. The van der Waals surface area contributed by atoms with Crippen LogP contribution in [0.4, 0.5) is 0 Å². The molecule has 1 aliphatic carbocycles. The third-order valence-electron chi connectivity index (χ3n) is 4.11. The van der Waals surface area contributed by atoms with Gasteiger partial charge in [-0.3, -0.25) is 0 Å². The van der Waals surface area contributed by atoms with Crippen molar-refractivity contribution in [3.05, 3.63) is 30.2 Å². The first-order chi connectivity index (χ1) is 10.2. The van der Waals surface area contributed by atoms with Gasteiger partial charge in [0.05, 0.1) is 4.90 Å². The minimum Gasteiger partial charge on any atom is -0.420 e. The fourth-order valence-electron chi connectivity index (χ4n) is 2.38. The zero-order valence-corrected chi connectivity index (χ0v) is 13.9. The molecule has 0 saturated heterocycles. The maximum Gasteiger partial charge on any atom is 0.247 e. The van der Waals surface area contributed by atoms with Gasteiger partial charge < -0.3 is 4.42 Å². The van der Waals surface area contributed by atoms with E-state index < -0.39 is 10.0 Å². The Labute approximate surface area is 130 Å². The lowest BCUT2D eigenvalue weighted by atomic mass is 10.1. The monoisotopic (exact) mass is 321 g/mol. The molecule has 118 valence electrons. The molecule has 1 aliphatic rings. The minimum absolute atomic E-state index is 0.208. The van der Waals surface area contributed by atoms with E-state index in [1.807, 2.05) is 0 Å². The van der Waals surface area contributed by atoms with Gasteiger partial charge in [0.25, 0.3) is 0 Å². The number of sulfonamides is 1. The molecular formula is C15H19N3O3S. The molecule has 6 nitrogen and oxygen atoms in total. The van der Waals surface area contributed by atoms with Crippen molar-refractivity contribution in [2.75, 3.05) is 14.1 Å². The van der Waals surface area contributed by atoms with Gasteiger partial charge in [0.15, 0.2) is 0 Å². The Balaban J connectivity index is 1.94. The zero-order valence-electron chi connectivity index (χ0n) is 13.1. The molecule has 3 rings (SSSR count). The van der Waals surface area contributed by atoms with Crippen molar-refractivity contribution >= 4 is 10.0 Å². The van der Waals surface area contributed by atoms with Crippen LogP contribution in [0.3, 0.4) is 0 Å². The predicted molar refractivity (Wildman–Crippen MR) is 81.7 cm³/mol. The molecule has 0 N–H and O–H groups in total. The maximum atomic E-state index is 12.2. The summed E-state index contributed by atoms with van der Waals surface area (Å²) in [5.41, 5.74) is 0.819. The van der Waals surface area contributed by atoms with Crippen LogP contribution in [-0.4, -0.2) is 37.0 Å². The number of benzene rings is 1. The molecule has 0 radical (unpaired) electrons. The Kier molecular flexibility index (Phi) is 3.37. The summed E-state index contributed by atoms with van der Waals surface area (Å²) < 4.78 is 31.3. The number of nitrogens with zero attached hydrogens (tertiary/aromatic N) is 3. The molecular weight excluding hydrogens is 302 g/mol. The molecule has 0 bridgehead atoms. The largest absolute Gasteiger partial charge is 0.420 e. The van der Waals surface area contributed by atoms with Gasteiger partial charge >= 0.3 is 0 Å². The standard InChI is InChI=1S/C15H19N3O3S/c1-15(2)9-12(15)14-17-16-13(21-14)10-6-5-7-11(8-10)22(19,20)18(3)4/h5-8,12H,9H2,1-4H3. The molecule has 1 unspecified atom stereocenters. The van der Waals surface area contributed by atoms with Crippen LogP contribution >= 0.6 is 0 Å². The Hall–Kier alpha value is -1.73. The molecule has 1 heterocycles. The highest BCUT2D eigenvalue weighted by atomic mass is 32.2. The van der Waals surface area contributed by atoms with Gasteiger partial charge in [-0.1, -0.05) is 19.9 Å². The summed E-state index contributed by atoms with van der Waals surface area (Å²) in [5, 5.41) is 8.16. The Morgan fingerprint density at radius 1 is 1.27 bits per heavy atom. The first-order valence-electron chi connectivity index (χ1n) is 7.08. The van der Waals surface area contributed by atoms with Crippen LogP contribution in [0.25, 0.3) is 11.5 Å². The summed E-state index contributed by atoms with van der Waals surface area (Å²) in [7, 11) is -0.476. The van der Waals surface area contributed by atoms with Crippen molar-refractivity contribution in [2.45, 2.75) is 31.1 Å². The lowest BCUT2D eigenvalue weighted by Crippen LogP contribution is -2.22. The van der Waals surface area contributed by atoms with Crippen LogP contribution in [0.2, 0.25) is 0 Å². The van der Waals surface area contributed by atoms with Crippen molar-refractivity contribution in [3.8, 4) is 11.5 Å². The minimum atomic E-state index is -3.48. The average Bonchev–Trinajstić information content (AvgIpc) is 2.89. The number of hydrogen-bond acceptors (Lipinski definition) is 5. The van der Waals surface area contributed by atoms with Crippen LogP contribution in [0.5, 0.6) is 0 Å². The van der Waals surface area contributed by atoms with Crippen molar-refractivity contribution in [3.63, 3.8) is 0 Å². The lowest BCUT2D eigenvalue weighted by Gasteiger charge is -2.11. The summed E-state index contributed by atoms with van der Waals surface area (Å²) in [6, 6.07) is 6.56. The number of rotatable bonds is 4. The SMILES string of the molecule is CN(C)S(=O)(=O)c1cccc(-c2nnc(C3CC3(C)C)o2)c1. The van der Waals surface area contributed by atoms with Crippen molar-refractivity contribution in [2.24, 2.45) is 5.41 Å². The highest BCUT2D eigenvalue weighted by Gasteiger charge is 2.50. The van der Waals surface area contributed by atoms with Crippen molar-refractivity contribution in [1.82, 2.24) is 14.5 Å². The van der Waals surface area contributed by atoms with E-state index in [2.05, 4.69) is 24.0 Å². The van der Waals surface area contributed by atoms with Crippen LogP contribution in [0.15, 0.2) is 33.6 Å². The van der Waals surface area contributed by atoms with E-state index >= 15 is 0 Å². The molecule has 1 aromatic carbocycles. The van der Waals surface area contributed by atoms with Crippen molar-refractivity contribution < 1.29 is 12.8 Å². The van der Waals surface area contributed by atoms with E-state index in [0.29, 0.717) is 23.3 Å². The second-order valence-corrected chi connectivity index (χ2v) is 8.66. The average molecular weight is 321 g/mol. The molecule has 2 aromatic rings. The first-order valence-corrected chi connectivity index (χ1v) is 8.52. The predicted octanol–water partition coefficient (Wildman–Crippen LogP) is 2.50.